The van der Waals surface area contributed by atoms with E-state index in [1.165, 1.54) is 6.92 Å². The highest BCUT2D eigenvalue weighted by atomic mass is 16.5. The maximum atomic E-state index is 12.5. The minimum absolute atomic E-state index is 0.0214. The van der Waals surface area contributed by atoms with Gasteiger partial charge in [0.2, 0.25) is 0 Å². The minimum Gasteiger partial charge on any atom is -0.491 e. The minimum atomic E-state index is -0.577. The van der Waals surface area contributed by atoms with Crippen LogP contribution in [-0.2, 0) is 4.79 Å². The van der Waals surface area contributed by atoms with Crippen molar-refractivity contribution in [2.24, 2.45) is 0 Å². The fourth-order valence-electron chi connectivity index (χ4n) is 3.09. The van der Waals surface area contributed by atoms with Gasteiger partial charge in [-0.3, -0.25) is 4.79 Å². The second-order valence-corrected chi connectivity index (χ2v) is 6.45. The first-order valence-electron chi connectivity index (χ1n) is 8.61. The quantitative estimate of drug-likeness (QED) is 0.861. The van der Waals surface area contributed by atoms with Gasteiger partial charge in [-0.1, -0.05) is 48.5 Å². The smallest absolute Gasteiger partial charge is 0.320 e. The summed E-state index contributed by atoms with van der Waals surface area (Å²) in [4.78, 5) is 24.8. The Bertz CT molecular complexity index is 857. The molecule has 0 aliphatic carbocycles. The number of urea groups is 1. The molecule has 5 heteroatoms. The molecule has 0 fully saturated rings. The summed E-state index contributed by atoms with van der Waals surface area (Å²) in [6.45, 7) is 5.39. The molecule has 2 aromatic carbocycles. The first-order chi connectivity index (χ1) is 12.5. The van der Waals surface area contributed by atoms with Crippen LogP contribution in [-0.4, -0.2) is 17.9 Å². The fourth-order valence-corrected chi connectivity index (χ4v) is 3.09. The molecule has 0 radical (unpaired) electrons. The standard InChI is InChI=1S/C21H22N2O3/c1-13(2)26-17-12-8-7-11-16(17)20-18(14(3)24)19(22-21(25)23-20)15-9-5-4-6-10-15/h4-13,20H,1-3H3,(H2,22,23,25). The van der Waals surface area contributed by atoms with Crippen LogP contribution in [0.25, 0.3) is 5.70 Å². The molecule has 0 aromatic heterocycles. The van der Waals surface area contributed by atoms with E-state index in [1.54, 1.807) is 0 Å². The largest absolute Gasteiger partial charge is 0.491 e. The third-order valence-corrected chi connectivity index (χ3v) is 4.11. The lowest BCUT2D eigenvalue weighted by Gasteiger charge is -2.30. The highest BCUT2D eigenvalue weighted by Gasteiger charge is 2.33. The van der Waals surface area contributed by atoms with Crippen molar-refractivity contribution in [2.75, 3.05) is 0 Å². The summed E-state index contributed by atoms with van der Waals surface area (Å²) >= 11 is 0. The summed E-state index contributed by atoms with van der Waals surface area (Å²) in [6.07, 6.45) is -0.0214. The Hall–Kier alpha value is -3.08. The van der Waals surface area contributed by atoms with Crippen LogP contribution in [0.3, 0.4) is 0 Å². The molecule has 0 spiro atoms. The van der Waals surface area contributed by atoms with E-state index in [-0.39, 0.29) is 17.9 Å². The van der Waals surface area contributed by atoms with Crippen LogP contribution in [0.4, 0.5) is 4.79 Å². The normalized spacial score (nSPS) is 16.9. The lowest BCUT2D eigenvalue weighted by atomic mass is 9.90. The molecule has 1 unspecified atom stereocenters. The number of Topliss-reactive ketones (excluding diaryl/α,β-unsaturated/α-hetero) is 1. The molecule has 2 aromatic rings. The molecule has 0 saturated heterocycles. The molecule has 5 nitrogen and oxygen atoms in total. The highest BCUT2D eigenvalue weighted by molar-refractivity contribution is 6.07. The van der Waals surface area contributed by atoms with Crippen molar-refractivity contribution >= 4 is 17.5 Å². The Balaban J connectivity index is 2.17. The summed E-state index contributed by atoms with van der Waals surface area (Å²) in [5, 5.41) is 5.66. The first-order valence-corrected chi connectivity index (χ1v) is 8.61. The van der Waals surface area contributed by atoms with Gasteiger partial charge < -0.3 is 15.4 Å². The van der Waals surface area contributed by atoms with Crippen molar-refractivity contribution in [1.29, 1.82) is 0 Å². The van der Waals surface area contributed by atoms with E-state index in [0.29, 0.717) is 17.0 Å². The van der Waals surface area contributed by atoms with Gasteiger partial charge in [0.1, 0.15) is 5.75 Å². The van der Waals surface area contributed by atoms with Gasteiger partial charge in [-0.15, -0.1) is 0 Å². The van der Waals surface area contributed by atoms with Gasteiger partial charge in [0, 0.05) is 11.1 Å². The molecular weight excluding hydrogens is 328 g/mol. The summed E-state index contributed by atoms with van der Waals surface area (Å²) in [5.41, 5.74) is 2.59. The Morgan fingerprint density at radius 2 is 1.69 bits per heavy atom. The monoisotopic (exact) mass is 350 g/mol. The second kappa shape index (κ2) is 7.44. The van der Waals surface area contributed by atoms with Crippen LogP contribution in [0.15, 0.2) is 60.2 Å². The van der Waals surface area contributed by atoms with E-state index < -0.39 is 6.04 Å². The molecule has 1 heterocycles. The average molecular weight is 350 g/mol. The molecular formula is C21H22N2O3. The predicted molar refractivity (Wildman–Crippen MR) is 101 cm³/mol. The fraction of sp³-hybridized carbons (Fsp3) is 0.238. The van der Waals surface area contributed by atoms with Crippen LogP contribution in [0.5, 0.6) is 5.75 Å². The van der Waals surface area contributed by atoms with E-state index in [2.05, 4.69) is 10.6 Å². The zero-order chi connectivity index (χ0) is 18.7. The molecule has 2 amide bonds. The SMILES string of the molecule is CC(=O)C1=C(c2ccccc2)NC(=O)NC1c1ccccc1OC(C)C. The van der Waals surface area contributed by atoms with Crippen molar-refractivity contribution in [1.82, 2.24) is 10.6 Å². The number of para-hydroxylation sites is 1. The number of amides is 2. The number of hydrogen-bond donors (Lipinski definition) is 2. The van der Waals surface area contributed by atoms with Crippen LogP contribution in [0.2, 0.25) is 0 Å². The summed E-state index contributed by atoms with van der Waals surface area (Å²) in [7, 11) is 0. The molecule has 0 bridgehead atoms. The van der Waals surface area contributed by atoms with E-state index in [0.717, 1.165) is 11.1 Å². The van der Waals surface area contributed by atoms with Crippen molar-refractivity contribution < 1.29 is 14.3 Å². The second-order valence-electron chi connectivity index (χ2n) is 6.45. The van der Waals surface area contributed by atoms with E-state index in [1.807, 2.05) is 68.4 Å². The van der Waals surface area contributed by atoms with Crippen LogP contribution >= 0.6 is 0 Å². The number of carbonyl (C=O) groups is 2. The first kappa shape index (κ1) is 17.7. The lowest BCUT2D eigenvalue weighted by molar-refractivity contribution is -0.113. The molecule has 1 aliphatic rings. The third-order valence-electron chi connectivity index (χ3n) is 4.11. The van der Waals surface area contributed by atoms with Crippen molar-refractivity contribution in [2.45, 2.75) is 32.9 Å². The molecule has 134 valence electrons. The Morgan fingerprint density at radius 3 is 2.35 bits per heavy atom. The number of nitrogens with one attached hydrogen (secondary N) is 2. The lowest BCUT2D eigenvalue weighted by Crippen LogP contribution is -2.44. The Labute approximate surface area is 153 Å². The maximum Gasteiger partial charge on any atom is 0.320 e. The molecule has 2 N–H and O–H groups in total. The topological polar surface area (TPSA) is 67.4 Å². The number of ketones is 1. The van der Waals surface area contributed by atoms with Crippen LogP contribution < -0.4 is 15.4 Å². The van der Waals surface area contributed by atoms with Gasteiger partial charge in [-0.25, -0.2) is 4.79 Å². The Kier molecular flexibility index (Phi) is 5.07. The van der Waals surface area contributed by atoms with Gasteiger partial charge in [0.25, 0.3) is 0 Å². The maximum absolute atomic E-state index is 12.5. The van der Waals surface area contributed by atoms with Crippen molar-refractivity contribution in [3.05, 3.63) is 71.3 Å². The van der Waals surface area contributed by atoms with Gasteiger partial charge >= 0.3 is 6.03 Å². The third kappa shape index (κ3) is 3.61. The summed E-state index contributed by atoms with van der Waals surface area (Å²) in [5.74, 6) is 0.543. The van der Waals surface area contributed by atoms with E-state index in [4.69, 9.17) is 4.74 Å². The zero-order valence-corrected chi connectivity index (χ0v) is 15.1. The van der Waals surface area contributed by atoms with E-state index >= 15 is 0 Å². The molecule has 1 aliphatic heterocycles. The van der Waals surface area contributed by atoms with E-state index in [9.17, 15) is 9.59 Å². The Morgan fingerprint density at radius 1 is 1.04 bits per heavy atom. The molecule has 3 rings (SSSR count). The molecule has 26 heavy (non-hydrogen) atoms. The molecule has 1 atom stereocenters. The number of rotatable bonds is 5. The summed E-state index contributed by atoms with van der Waals surface area (Å²) < 4.78 is 5.90. The highest BCUT2D eigenvalue weighted by Crippen LogP contribution is 2.36. The van der Waals surface area contributed by atoms with Gasteiger partial charge in [0.15, 0.2) is 5.78 Å². The van der Waals surface area contributed by atoms with Gasteiger partial charge in [-0.2, -0.15) is 0 Å². The molecule has 0 saturated carbocycles. The predicted octanol–water partition coefficient (Wildman–Crippen LogP) is 3.83. The number of hydrogen-bond acceptors (Lipinski definition) is 3. The average Bonchev–Trinajstić information content (AvgIpc) is 2.61. The summed E-state index contributed by atoms with van der Waals surface area (Å²) in [6, 6.07) is 15.9. The number of carbonyl (C=O) groups excluding carboxylic acids is 2. The zero-order valence-electron chi connectivity index (χ0n) is 15.1. The van der Waals surface area contributed by atoms with Gasteiger partial charge in [-0.05, 0) is 32.4 Å². The van der Waals surface area contributed by atoms with Crippen LogP contribution in [0, 0.1) is 0 Å². The van der Waals surface area contributed by atoms with Crippen molar-refractivity contribution in [3.8, 4) is 5.75 Å². The van der Waals surface area contributed by atoms with Crippen molar-refractivity contribution in [3.63, 3.8) is 0 Å². The van der Waals surface area contributed by atoms with Gasteiger partial charge in [0.05, 0.1) is 17.8 Å². The van der Waals surface area contributed by atoms with Crippen LogP contribution in [0.1, 0.15) is 37.9 Å². The number of benzene rings is 2. The number of ether oxygens (including phenoxy) is 1.